The quantitative estimate of drug-likeness (QED) is 0.343. The molecular formula is C21H30Cl4N2. The molecule has 2 aromatic carbocycles. The smallest absolute Gasteiger partial charge is 0.103 e. The van der Waals surface area contributed by atoms with Crippen LogP contribution in [0, 0.1) is 0 Å². The molecule has 0 atom stereocenters. The van der Waals surface area contributed by atoms with E-state index in [1.165, 1.54) is 56.3 Å². The molecule has 0 fully saturated rings. The zero-order valence-corrected chi connectivity index (χ0v) is 18.7. The molecule has 0 amide bonds. The van der Waals surface area contributed by atoms with Gasteiger partial charge in [-0.05, 0) is 37.8 Å². The lowest BCUT2D eigenvalue weighted by Gasteiger charge is -2.05. The van der Waals surface area contributed by atoms with Gasteiger partial charge in [-0.25, -0.2) is 0 Å². The molecule has 4 N–H and O–H groups in total. The van der Waals surface area contributed by atoms with Crippen LogP contribution in [0.15, 0.2) is 48.5 Å². The summed E-state index contributed by atoms with van der Waals surface area (Å²) in [5.74, 6) is 0. The molecule has 6 heteroatoms. The Labute approximate surface area is 186 Å². The molecule has 0 aliphatic heterocycles. The van der Waals surface area contributed by atoms with Gasteiger partial charge in [0.05, 0.1) is 13.1 Å². The van der Waals surface area contributed by atoms with Crippen molar-refractivity contribution >= 4 is 23.2 Å². The van der Waals surface area contributed by atoms with Crippen molar-refractivity contribution in [2.45, 2.75) is 45.2 Å². The third kappa shape index (κ3) is 11.2. The Bertz CT molecular complexity index is 569. The van der Waals surface area contributed by atoms with Crippen molar-refractivity contribution in [3.8, 4) is 0 Å². The third-order valence-corrected chi connectivity index (χ3v) is 5.20. The molecule has 27 heavy (non-hydrogen) atoms. The molecule has 2 rings (SSSR count). The van der Waals surface area contributed by atoms with Crippen LogP contribution in [0.1, 0.15) is 43.2 Å². The topological polar surface area (TPSA) is 33.2 Å². The number of quaternary nitrogens is 2. The number of nitrogens with two attached hydrogens (primary N) is 2. The minimum atomic E-state index is 0. The number of hydrogen-bond acceptors (Lipinski definition) is 0. The van der Waals surface area contributed by atoms with Crippen molar-refractivity contribution < 1.29 is 35.4 Å². The highest BCUT2D eigenvalue weighted by Crippen LogP contribution is 2.13. The van der Waals surface area contributed by atoms with Gasteiger partial charge in [0.15, 0.2) is 0 Å². The summed E-state index contributed by atoms with van der Waals surface area (Å²) in [7, 11) is 0. The molecule has 0 heterocycles. The summed E-state index contributed by atoms with van der Waals surface area (Å²) in [5, 5.41) is 6.48. The lowest BCUT2D eigenvalue weighted by atomic mass is 10.1. The summed E-state index contributed by atoms with van der Waals surface area (Å²) in [4.78, 5) is 0. The molecule has 2 aromatic rings. The first-order valence-electron chi connectivity index (χ1n) is 9.37. The van der Waals surface area contributed by atoms with E-state index in [0.717, 1.165) is 23.1 Å². The fourth-order valence-electron chi connectivity index (χ4n) is 2.95. The van der Waals surface area contributed by atoms with E-state index in [2.05, 4.69) is 34.9 Å². The van der Waals surface area contributed by atoms with E-state index in [1.54, 1.807) is 0 Å². The first-order valence-corrected chi connectivity index (χ1v) is 10.1. The monoisotopic (exact) mass is 450 g/mol. The summed E-state index contributed by atoms with van der Waals surface area (Å²) in [6.07, 6.45) is 6.55. The van der Waals surface area contributed by atoms with Gasteiger partial charge in [0, 0.05) is 21.2 Å². The zero-order chi connectivity index (χ0) is 17.7. The van der Waals surface area contributed by atoms with Crippen LogP contribution in [0.25, 0.3) is 0 Å². The molecule has 0 spiro atoms. The van der Waals surface area contributed by atoms with Crippen LogP contribution in [-0.2, 0) is 13.1 Å². The van der Waals surface area contributed by atoms with Crippen LogP contribution in [-0.4, -0.2) is 13.1 Å². The van der Waals surface area contributed by atoms with Crippen molar-refractivity contribution in [2.75, 3.05) is 13.1 Å². The van der Waals surface area contributed by atoms with Gasteiger partial charge in [0.1, 0.15) is 13.1 Å². The normalized spacial score (nSPS) is 10.1. The molecule has 0 saturated heterocycles. The Morgan fingerprint density at radius 1 is 0.556 bits per heavy atom. The van der Waals surface area contributed by atoms with E-state index in [1.807, 2.05) is 24.3 Å². The predicted molar refractivity (Wildman–Crippen MR) is 107 cm³/mol. The van der Waals surface area contributed by atoms with Crippen LogP contribution >= 0.6 is 23.2 Å². The molecule has 0 bridgehead atoms. The van der Waals surface area contributed by atoms with Crippen LogP contribution in [0.5, 0.6) is 0 Å². The standard InChI is InChI=1S/C21H28Cl2N2.2ClH/c22-20-12-6-4-10-18(20)16-24-14-8-2-1-3-9-15-25-17-19-11-5-7-13-21(19)23;;/h4-7,10-13,24-25H,1-3,8-9,14-17H2;2*1H. The first-order chi connectivity index (χ1) is 12.3. The third-order valence-electron chi connectivity index (χ3n) is 4.46. The van der Waals surface area contributed by atoms with Gasteiger partial charge in [-0.1, -0.05) is 66.0 Å². The van der Waals surface area contributed by atoms with E-state index >= 15 is 0 Å². The Balaban J connectivity index is 0.00000338. The molecule has 0 aromatic heterocycles. The summed E-state index contributed by atoms with van der Waals surface area (Å²) in [6, 6.07) is 16.2. The summed E-state index contributed by atoms with van der Waals surface area (Å²) >= 11 is 12.3. The van der Waals surface area contributed by atoms with Crippen LogP contribution in [0.2, 0.25) is 10.0 Å². The minimum absolute atomic E-state index is 0. The lowest BCUT2D eigenvalue weighted by molar-refractivity contribution is -0.671. The molecular weight excluding hydrogens is 422 g/mol. The number of unbranched alkanes of at least 4 members (excludes halogenated alkanes) is 4. The summed E-state index contributed by atoms with van der Waals surface area (Å²) < 4.78 is 0. The molecule has 0 aliphatic rings. The second-order valence-corrected chi connectivity index (χ2v) is 7.33. The van der Waals surface area contributed by atoms with Crippen molar-refractivity contribution in [3.05, 3.63) is 69.7 Å². The van der Waals surface area contributed by atoms with Crippen molar-refractivity contribution in [1.82, 2.24) is 0 Å². The fourth-order valence-corrected chi connectivity index (χ4v) is 3.38. The molecule has 0 radical (unpaired) electrons. The lowest BCUT2D eigenvalue weighted by Crippen LogP contribution is -3.00. The zero-order valence-electron chi connectivity index (χ0n) is 15.6. The SMILES string of the molecule is Clc1ccccc1C[NH2+]CCCCCCC[NH2+]Cc1ccccc1Cl.[Cl-].[Cl-]. The van der Waals surface area contributed by atoms with Crippen molar-refractivity contribution in [3.63, 3.8) is 0 Å². The molecule has 0 saturated carbocycles. The van der Waals surface area contributed by atoms with Crippen LogP contribution in [0.4, 0.5) is 0 Å². The van der Waals surface area contributed by atoms with Gasteiger partial charge in [0.25, 0.3) is 0 Å². The van der Waals surface area contributed by atoms with E-state index in [0.29, 0.717) is 0 Å². The van der Waals surface area contributed by atoms with Gasteiger partial charge in [-0.3, -0.25) is 0 Å². The Hall–Kier alpha value is -0.480. The average molecular weight is 452 g/mol. The maximum atomic E-state index is 6.16. The average Bonchev–Trinajstić information content (AvgIpc) is 2.62. The first kappa shape index (κ1) is 26.5. The highest BCUT2D eigenvalue weighted by atomic mass is 35.5. The maximum Gasteiger partial charge on any atom is 0.103 e. The summed E-state index contributed by atoms with van der Waals surface area (Å²) in [6.45, 7) is 4.33. The number of rotatable bonds is 12. The second kappa shape index (κ2) is 16.5. The van der Waals surface area contributed by atoms with E-state index in [4.69, 9.17) is 23.2 Å². The Morgan fingerprint density at radius 3 is 1.33 bits per heavy atom. The van der Waals surface area contributed by atoms with Gasteiger partial charge in [0.2, 0.25) is 0 Å². The van der Waals surface area contributed by atoms with Crippen LogP contribution < -0.4 is 35.4 Å². The highest BCUT2D eigenvalue weighted by molar-refractivity contribution is 6.31. The van der Waals surface area contributed by atoms with E-state index < -0.39 is 0 Å². The van der Waals surface area contributed by atoms with Gasteiger partial charge >= 0.3 is 0 Å². The van der Waals surface area contributed by atoms with Gasteiger partial charge in [-0.2, -0.15) is 0 Å². The molecule has 0 aliphatic carbocycles. The Kier molecular flexibility index (Phi) is 16.2. The van der Waals surface area contributed by atoms with Crippen LogP contribution in [0.3, 0.4) is 0 Å². The maximum absolute atomic E-state index is 6.16. The number of hydrogen-bond donors (Lipinski definition) is 2. The Morgan fingerprint density at radius 2 is 0.926 bits per heavy atom. The summed E-state index contributed by atoms with van der Waals surface area (Å²) in [5.41, 5.74) is 2.47. The van der Waals surface area contributed by atoms with E-state index in [-0.39, 0.29) is 24.8 Å². The van der Waals surface area contributed by atoms with Gasteiger partial charge < -0.3 is 35.4 Å². The van der Waals surface area contributed by atoms with Crippen molar-refractivity contribution in [1.29, 1.82) is 0 Å². The predicted octanol–water partition coefficient (Wildman–Crippen LogP) is -2.22. The molecule has 0 unspecified atom stereocenters. The van der Waals surface area contributed by atoms with E-state index in [9.17, 15) is 0 Å². The number of benzene rings is 2. The largest absolute Gasteiger partial charge is 1.00 e. The fraction of sp³-hybridized carbons (Fsp3) is 0.429. The second-order valence-electron chi connectivity index (χ2n) is 6.51. The molecule has 152 valence electrons. The highest BCUT2D eigenvalue weighted by Gasteiger charge is 2.02. The van der Waals surface area contributed by atoms with Gasteiger partial charge in [-0.15, -0.1) is 0 Å². The van der Waals surface area contributed by atoms with Crippen molar-refractivity contribution in [2.24, 2.45) is 0 Å². The minimum Gasteiger partial charge on any atom is -1.00 e. The number of halogens is 4. The molecule has 2 nitrogen and oxygen atoms in total.